The number of unbranched alkanes of at least 4 members (excludes halogenated alkanes) is 1. The van der Waals surface area contributed by atoms with Crippen molar-refractivity contribution < 1.29 is 0 Å². The molecule has 1 rings (SSSR count). The van der Waals surface area contributed by atoms with Crippen LogP contribution in [-0.4, -0.2) is 13.6 Å². The van der Waals surface area contributed by atoms with Crippen molar-refractivity contribution in [2.75, 3.05) is 18.5 Å². The molecule has 0 aliphatic rings. The topological polar surface area (TPSA) is 3.24 Å². The zero-order chi connectivity index (χ0) is 9.68. The Labute approximate surface area is 85.3 Å². The number of halogens is 1. The molecule has 0 spiro atoms. The summed E-state index contributed by atoms with van der Waals surface area (Å²) in [6.07, 6.45) is 2.45. The lowest BCUT2D eigenvalue weighted by Gasteiger charge is -2.18. The fourth-order valence-corrected chi connectivity index (χ4v) is 1.42. The van der Waals surface area contributed by atoms with Gasteiger partial charge in [-0.15, -0.1) is 0 Å². The molecule has 1 nitrogen and oxygen atoms in total. The number of benzene rings is 1. The highest BCUT2D eigenvalue weighted by Gasteiger charge is 1.99. The second-order valence-corrected chi connectivity index (χ2v) is 3.69. The largest absolute Gasteiger partial charge is 0.375 e. The van der Waals surface area contributed by atoms with E-state index in [4.69, 9.17) is 11.6 Å². The fraction of sp³-hybridized carbons (Fsp3) is 0.455. The Kier molecular flexibility index (Phi) is 4.10. The first-order valence-corrected chi connectivity index (χ1v) is 5.08. The van der Waals surface area contributed by atoms with Crippen LogP contribution >= 0.6 is 11.6 Å². The van der Waals surface area contributed by atoms with Gasteiger partial charge in [-0.05, 0) is 24.6 Å². The molecule has 0 bridgehead atoms. The second-order valence-electron chi connectivity index (χ2n) is 3.25. The Hall–Kier alpha value is -0.690. The molecule has 0 N–H and O–H groups in total. The fourth-order valence-electron chi connectivity index (χ4n) is 1.24. The van der Waals surface area contributed by atoms with Crippen molar-refractivity contribution in [3.63, 3.8) is 0 Å². The minimum Gasteiger partial charge on any atom is -0.375 e. The highest BCUT2D eigenvalue weighted by Crippen LogP contribution is 2.18. The summed E-state index contributed by atoms with van der Waals surface area (Å²) in [6, 6.07) is 7.97. The van der Waals surface area contributed by atoms with Gasteiger partial charge in [0, 0.05) is 24.3 Å². The Morgan fingerprint density at radius 3 is 2.77 bits per heavy atom. The zero-order valence-corrected chi connectivity index (χ0v) is 9.01. The SMILES string of the molecule is CCCCN(C)c1cccc(Cl)c1. The smallest absolute Gasteiger partial charge is 0.0426 e. The van der Waals surface area contributed by atoms with Crippen LogP contribution in [0.5, 0.6) is 0 Å². The van der Waals surface area contributed by atoms with E-state index in [-0.39, 0.29) is 0 Å². The molecule has 0 saturated heterocycles. The van der Waals surface area contributed by atoms with Gasteiger partial charge in [-0.25, -0.2) is 0 Å². The van der Waals surface area contributed by atoms with Crippen molar-refractivity contribution in [2.24, 2.45) is 0 Å². The van der Waals surface area contributed by atoms with Gasteiger partial charge in [0.05, 0.1) is 0 Å². The number of hydrogen-bond acceptors (Lipinski definition) is 1. The minimum atomic E-state index is 0.806. The summed E-state index contributed by atoms with van der Waals surface area (Å²) >= 11 is 5.90. The molecule has 72 valence electrons. The van der Waals surface area contributed by atoms with Crippen LogP contribution in [0.1, 0.15) is 19.8 Å². The van der Waals surface area contributed by atoms with Crippen molar-refractivity contribution >= 4 is 17.3 Å². The van der Waals surface area contributed by atoms with Crippen LogP contribution in [0, 0.1) is 0 Å². The van der Waals surface area contributed by atoms with Gasteiger partial charge in [0.1, 0.15) is 0 Å². The summed E-state index contributed by atoms with van der Waals surface area (Å²) in [4.78, 5) is 2.23. The van der Waals surface area contributed by atoms with E-state index < -0.39 is 0 Å². The van der Waals surface area contributed by atoms with Crippen molar-refractivity contribution in [1.82, 2.24) is 0 Å². The van der Waals surface area contributed by atoms with Gasteiger partial charge in [-0.1, -0.05) is 31.0 Å². The van der Waals surface area contributed by atoms with E-state index in [2.05, 4.69) is 24.9 Å². The first-order chi connectivity index (χ1) is 6.24. The molecule has 1 aromatic carbocycles. The van der Waals surface area contributed by atoms with Crippen LogP contribution in [0.2, 0.25) is 5.02 Å². The first-order valence-electron chi connectivity index (χ1n) is 4.70. The molecule has 0 aliphatic carbocycles. The maximum absolute atomic E-state index is 5.90. The quantitative estimate of drug-likeness (QED) is 0.714. The van der Waals surface area contributed by atoms with E-state index in [9.17, 15) is 0 Å². The molecule has 0 aromatic heterocycles. The van der Waals surface area contributed by atoms with E-state index in [1.54, 1.807) is 0 Å². The molecular formula is C11H16ClN. The lowest BCUT2D eigenvalue weighted by Crippen LogP contribution is -2.17. The van der Waals surface area contributed by atoms with Crippen molar-refractivity contribution in [3.8, 4) is 0 Å². The highest BCUT2D eigenvalue weighted by molar-refractivity contribution is 6.30. The number of anilines is 1. The maximum Gasteiger partial charge on any atom is 0.0426 e. The molecule has 0 atom stereocenters. The van der Waals surface area contributed by atoms with Crippen LogP contribution in [0.4, 0.5) is 5.69 Å². The number of rotatable bonds is 4. The Bertz CT molecular complexity index is 260. The Morgan fingerprint density at radius 2 is 2.15 bits per heavy atom. The highest BCUT2D eigenvalue weighted by atomic mass is 35.5. The van der Waals surface area contributed by atoms with Crippen LogP contribution in [0.3, 0.4) is 0 Å². The standard InChI is InChI=1S/C11H16ClN/c1-3-4-8-13(2)11-7-5-6-10(12)9-11/h5-7,9H,3-4,8H2,1-2H3. The molecule has 0 radical (unpaired) electrons. The third kappa shape index (κ3) is 3.27. The van der Waals surface area contributed by atoms with Crippen molar-refractivity contribution in [1.29, 1.82) is 0 Å². The minimum absolute atomic E-state index is 0.806. The van der Waals surface area contributed by atoms with Crippen LogP contribution < -0.4 is 4.90 Å². The van der Waals surface area contributed by atoms with E-state index >= 15 is 0 Å². The summed E-state index contributed by atoms with van der Waals surface area (Å²) in [5.74, 6) is 0. The third-order valence-corrected chi connectivity index (χ3v) is 2.33. The van der Waals surface area contributed by atoms with Crippen LogP contribution in [-0.2, 0) is 0 Å². The summed E-state index contributed by atoms with van der Waals surface area (Å²) in [5.41, 5.74) is 1.20. The molecule has 0 unspecified atom stereocenters. The van der Waals surface area contributed by atoms with Crippen molar-refractivity contribution in [3.05, 3.63) is 29.3 Å². The van der Waals surface area contributed by atoms with Gasteiger partial charge in [-0.3, -0.25) is 0 Å². The van der Waals surface area contributed by atoms with E-state index in [0.29, 0.717) is 0 Å². The predicted molar refractivity (Wildman–Crippen MR) is 59.6 cm³/mol. The molecule has 0 amide bonds. The molecule has 13 heavy (non-hydrogen) atoms. The first kappa shape index (κ1) is 10.4. The van der Waals surface area contributed by atoms with Crippen LogP contribution in [0.25, 0.3) is 0 Å². The summed E-state index contributed by atoms with van der Waals surface area (Å²) in [6.45, 7) is 3.29. The number of hydrogen-bond donors (Lipinski definition) is 0. The molecule has 0 aliphatic heterocycles. The average Bonchev–Trinajstić information content (AvgIpc) is 2.14. The van der Waals surface area contributed by atoms with Gasteiger partial charge in [0.15, 0.2) is 0 Å². The molecule has 0 fully saturated rings. The second kappa shape index (κ2) is 5.13. The summed E-state index contributed by atoms with van der Waals surface area (Å²) in [7, 11) is 2.10. The maximum atomic E-state index is 5.90. The van der Waals surface area contributed by atoms with Gasteiger partial charge in [0.25, 0.3) is 0 Å². The van der Waals surface area contributed by atoms with Gasteiger partial charge >= 0.3 is 0 Å². The van der Waals surface area contributed by atoms with Gasteiger partial charge < -0.3 is 4.90 Å². The third-order valence-electron chi connectivity index (χ3n) is 2.10. The molecule has 1 aromatic rings. The lowest BCUT2D eigenvalue weighted by atomic mass is 10.2. The van der Waals surface area contributed by atoms with Gasteiger partial charge in [-0.2, -0.15) is 0 Å². The van der Waals surface area contributed by atoms with E-state index in [0.717, 1.165) is 11.6 Å². The number of nitrogens with zero attached hydrogens (tertiary/aromatic N) is 1. The normalized spacial score (nSPS) is 10.1. The molecule has 2 heteroatoms. The molecular weight excluding hydrogens is 182 g/mol. The van der Waals surface area contributed by atoms with E-state index in [1.807, 2.05) is 18.2 Å². The van der Waals surface area contributed by atoms with Crippen molar-refractivity contribution in [2.45, 2.75) is 19.8 Å². The lowest BCUT2D eigenvalue weighted by molar-refractivity contribution is 0.767. The Balaban J connectivity index is 2.60. The summed E-state index contributed by atoms with van der Waals surface area (Å²) < 4.78 is 0. The average molecular weight is 198 g/mol. The molecule has 0 saturated carbocycles. The monoisotopic (exact) mass is 197 g/mol. The van der Waals surface area contributed by atoms with E-state index in [1.165, 1.54) is 18.5 Å². The molecule has 0 heterocycles. The Morgan fingerprint density at radius 1 is 1.38 bits per heavy atom. The predicted octanol–water partition coefficient (Wildman–Crippen LogP) is 3.58. The zero-order valence-electron chi connectivity index (χ0n) is 8.26. The van der Waals surface area contributed by atoms with Gasteiger partial charge in [0.2, 0.25) is 0 Å². The van der Waals surface area contributed by atoms with Crippen LogP contribution in [0.15, 0.2) is 24.3 Å². The summed E-state index contributed by atoms with van der Waals surface area (Å²) in [5, 5.41) is 0.806.